The number of hydrogen-bond acceptors (Lipinski definition) is 5. The molecule has 0 bridgehead atoms. The Hall–Kier alpha value is -2.04. The van der Waals surface area contributed by atoms with E-state index in [0.29, 0.717) is 13.2 Å². The second-order valence-electron chi connectivity index (χ2n) is 7.80. The van der Waals surface area contributed by atoms with E-state index in [1.807, 2.05) is 36.4 Å². The molecule has 33 heavy (non-hydrogen) atoms. The van der Waals surface area contributed by atoms with Crippen LogP contribution in [0.3, 0.4) is 0 Å². The third-order valence-corrected chi connectivity index (χ3v) is 5.62. The van der Waals surface area contributed by atoms with Gasteiger partial charge in [-0.05, 0) is 44.1 Å². The van der Waals surface area contributed by atoms with Crippen LogP contribution >= 0.6 is 24.0 Å². The number of ether oxygens (including phenoxy) is 3. The van der Waals surface area contributed by atoms with E-state index in [2.05, 4.69) is 32.7 Å². The van der Waals surface area contributed by atoms with Crippen LogP contribution < -0.4 is 20.1 Å². The van der Waals surface area contributed by atoms with Crippen LogP contribution in [0.25, 0.3) is 0 Å². The van der Waals surface area contributed by atoms with Crippen molar-refractivity contribution in [1.29, 1.82) is 0 Å². The van der Waals surface area contributed by atoms with Crippen LogP contribution in [-0.2, 0) is 4.74 Å². The molecule has 7 nitrogen and oxygen atoms in total. The van der Waals surface area contributed by atoms with Crippen LogP contribution in [0, 0.1) is 0 Å². The average molecular weight is 569 g/mol. The van der Waals surface area contributed by atoms with Gasteiger partial charge >= 0.3 is 0 Å². The van der Waals surface area contributed by atoms with Crippen LogP contribution in [0.15, 0.2) is 53.5 Å². The maximum absolute atomic E-state index is 5.81. The van der Waals surface area contributed by atoms with Crippen molar-refractivity contribution >= 4 is 35.6 Å². The zero-order valence-corrected chi connectivity index (χ0v) is 22.2. The molecule has 1 atom stereocenters. The van der Waals surface area contributed by atoms with Crippen LogP contribution in [0.2, 0.25) is 0 Å². The smallest absolute Gasteiger partial charge is 0.195 e. The summed E-state index contributed by atoms with van der Waals surface area (Å²) in [5.41, 5.74) is 2.13. The Morgan fingerprint density at radius 3 is 2.58 bits per heavy atom. The highest BCUT2D eigenvalue weighted by molar-refractivity contribution is 14.0. The first-order valence-electron chi connectivity index (χ1n) is 11.3. The summed E-state index contributed by atoms with van der Waals surface area (Å²) in [5.74, 6) is 2.47. The van der Waals surface area contributed by atoms with Crippen molar-refractivity contribution in [1.82, 2.24) is 10.2 Å². The van der Waals surface area contributed by atoms with E-state index in [4.69, 9.17) is 14.2 Å². The standard InChI is InChI=1S/C25H36N4O3.HI/c1-26-25(28-20-10-8-11-21(18-20)32-17-9-16-30-2)27-19-23(29-14-6-7-15-29)22-12-4-5-13-24(22)31-3;/h4-5,8,10-13,18,23H,6-7,9,14-17,19H2,1-3H3,(H2,26,27,28);1H. The van der Waals surface area contributed by atoms with Gasteiger partial charge in [-0.3, -0.25) is 9.89 Å². The SMILES string of the molecule is CN=C(NCC(c1ccccc1OC)N1CCCC1)Nc1cccc(OCCCOC)c1.I. The van der Waals surface area contributed by atoms with E-state index < -0.39 is 0 Å². The fraction of sp³-hybridized carbons (Fsp3) is 0.480. The normalized spacial score (nSPS) is 14.9. The van der Waals surface area contributed by atoms with E-state index in [9.17, 15) is 0 Å². The van der Waals surface area contributed by atoms with E-state index in [0.717, 1.165) is 49.2 Å². The van der Waals surface area contributed by atoms with Crippen molar-refractivity contribution in [2.24, 2.45) is 4.99 Å². The number of nitrogens with zero attached hydrogens (tertiary/aromatic N) is 2. The van der Waals surface area contributed by atoms with Gasteiger partial charge in [-0.1, -0.05) is 24.3 Å². The molecule has 1 heterocycles. The number of aliphatic imine (C=N–C) groups is 1. The molecule has 0 radical (unpaired) electrons. The van der Waals surface area contributed by atoms with Crippen molar-refractivity contribution in [3.8, 4) is 11.5 Å². The summed E-state index contributed by atoms with van der Waals surface area (Å²) in [4.78, 5) is 6.94. The predicted octanol–water partition coefficient (Wildman–Crippen LogP) is 4.55. The number of para-hydroxylation sites is 1. The quantitative estimate of drug-likeness (QED) is 0.180. The van der Waals surface area contributed by atoms with Gasteiger partial charge in [0, 0.05) is 51.0 Å². The van der Waals surface area contributed by atoms with Crippen LogP contribution in [0.5, 0.6) is 11.5 Å². The lowest BCUT2D eigenvalue weighted by atomic mass is 10.0. The molecule has 0 aromatic heterocycles. The summed E-state index contributed by atoms with van der Waals surface area (Å²) < 4.78 is 16.5. The highest BCUT2D eigenvalue weighted by Crippen LogP contribution is 2.31. The first-order valence-corrected chi connectivity index (χ1v) is 11.3. The zero-order chi connectivity index (χ0) is 22.6. The molecule has 1 aliphatic heterocycles. The summed E-state index contributed by atoms with van der Waals surface area (Å²) in [6.07, 6.45) is 3.32. The number of benzene rings is 2. The molecule has 1 saturated heterocycles. The fourth-order valence-electron chi connectivity index (χ4n) is 4.00. The molecule has 3 rings (SSSR count). The van der Waals surface area contributed by atoms with Gasteiger partial charge in [-0.25, -0.2) is 0 Å². The number of rotatable bonds is 11. The Labute approximate surface area is 214 Å². The molecule has 0 amide bonds. The molecule has 0 spiro atoms. The Kier molecular flexibility index (Phi) is 12.3. The van der Waals surface area contributed by atoms with E-state index in [1.165, 1.54) is 18.4 Å². The summed E-state index contributed by atoms with van der Waals surface area (Å²) in [5, 5.41) is 6.89. The van der Waals surface area contributed by atoms with Gasteiger partial charge in [0.1, 0.15) is 11.5 Å². The number of likely N-dealkylation sites (tertiary alicyclic amines) is 1. The number of hydrogen-bond donors (Lipinski definition) is 2. The number of methoxy groups -OCH3 is 2. The van der Waals surface area contributed by atoms with Crippen molar-refractivity contribution in [3.63, 3.8) is 0 Å². The number of nitrogens with one attached hydrogen (secondary N) is 2. The molecule has 0 aliphatic carbocycles. The third-order valence-electron chi connectivity index (χ3n) is 5.62. The first kappa shape index (κ1) is 27.2. The van der Waals surface area contributed by atoms with E-state index in [1.54, 1.807) is 21.3 Å². The minimum atomic E-state index is 0. The van der Waals surface area contributed by atoms with Crippen molar-refractivity contribution in [2.75, 3.05) is 59.4 Å². The van der Waals surface area contributed by atoms with Gasteiger partial charge in [0.15, 0.2) is 5.96 Å². The van der Waals surface area contributed by atoms with Gasteiger partial charge in [-0.2, -0.15) is 0 Å². The number of anilines is 1. The van der Waals surface area contributed by atoms with Crippen LogP contribution in [-0.4, -0.2) is 65.0 Å². The Morgan fingerprint density at radius 1 is 1.06 bits per heavy atom. The Morgan fingerprint density at radius 2 is 1.85 bits per heavy atom. The van der Waals surface area contributed by atoms with Gasteiger partial charge in [-0.15, -0.1) is 24.0 Å². The van der Waals surface area contributed by atoms with Crippen molar-refractivity contribution < 1.29 is 14.2 Å². The molecule has 2 aromatic carbocycles. The van der Waals surface area contributed by atoms with Gasteiger partial charge < -0.3 is 24.8 Å². The second kappa shape index (κ2) is 15.0. The molecular weight excluding hydrogens is 531 g/mol. The first-order chi connectivity index (χ1) is 15.7. The minimum Gasteiger partial charge on any atom is -0.496 e. The lowest BCUT2D eigenvalue weighted by Gasteiger charge is -2.30. The molecule has 1 aliphatic rings. The number of halogens is 1. The van der Waals surface area contributed by atoms with Gasteiger partial charge in [0.2, 0.25) is 0 Å². The maximum atomic E-state index is 5.81. The molecule has 2 aromatic rings. The van der Waals surface area contributed by atoms with Crippen molar-refractivity contribution in [2.45, 2.75) is 25.3 Å². The van der Waals surface area contributed by atoms with Crippen LogP contribution in [0.4, 0.5) is 5.69 Å². The molecule has 182 valence electrons. The Bertz CT molecular complexity index is 859. The molecule has 2 N–H and O–H groups in total. The summed E-state index contributed by atoms with van der Waals surface area (Å²) in [7, 11) is 5.22. The predicted molar refractivity (Wildman–Crippen MR) is 145 cm³/mol. The molecule has 1 fully saturated rings. The van der Waals surface area contributed by atoms with Gasteiger partial charge in [0.05, 0.1) is 19.8 Å². The molecular formula is C25H37IN4O3. The number of guanidine groups is 1. The molecule has 0 saturated carbocycles. The molecule has 8 heteroatoms. The highest BCUT2D eigenvalue weighted by atomic mass is 127. The summed E-state index contributed by atoms with van der Waals surface area (Å²) in [6.45, 7) is 4.24. The van der Waals surface area contributed by atoms with Crippen LogP contribution in [0.1, 0.15) is 30.9 Å². The topological polar surface area (TPSA) is 67.4 Å². The molecule has 1 unspecified atom stereocenters. The summed E-state index contributed by atoms with van der Waals surface area (Å²) in [6, 6.07) is 16.4. The zero-order valence-electron chi connectivity index (χ0n) is 19.9. The fourth-order valence-corrected chi connectivity index (χ4v) is 4.00. The Balaban J connectivity index is 0.00000385. The van der Waals surface area contributed by atoms with Gasteiger partial charge in [0.25, 0.3) is 0 Å². The monoisotopic (exact) mass is 568 g/mol. The van der Waals surface area contributed by atoms with Crippen molar-refractivity contribution in [3.05, 3.63) is 54.1 Å². The maximum Gasteiger partial charge on any atom is 0.195 e. The highest BCUT2D eigenvalue weighted by Gasteiger charge is 2.26. The van der Waals surface area contributed by atoms with E-state index in [-0.39, 0.29) is 30.0 Å². The largest absolute Gasteiger partial charge is 0.496 e. The lowest BCUT2D eigenvalue weighted by molar-refractivity contribution is 0.172. The average Bonchev–Trinajstić information content (AvgIpc) is 3.36. The lowest BCUT2D eigenvalue weighted by Crippen LogP contribution is -2.39. The minimum absolute atomic E-state index is 0. The van der Waals surface area contributed by atoms with E-state index >= 15 is 0 Å². The second-order valence-corrected chi connectivity index (χ2v) is 7.80. The summed E-state index contributed by atoms with van der Waals surface area (Å²) >= 11 is 0. The third kappa shape index (κ3) is 8.35.